The van der Waals surface area contributed by atoms with Crippen molar-refractivity contribution in [3.05, 3.63) is 46.4 Å². The molecule has 1 aromatic heterocycles. The van der Waals surface area contributed by atoms with Crippen LogP contribution in [-0.4, -0.2) is 20.2 Å². The lowest BCUT2D eigenvalue weighted by Crippen LogP contribution is -2.03. The van der Waals surface area contributed by atoms with Gasteiger partial charge in [0.05, 0.1) is 10.0 Å². The zero-order valence-electron chi connectivity index (χ0n) is 10.7. The maximum absolute atomic E-state index is 6.19. The van der Waals surface area contributed by atoms with Crippen LogP contribution in [0, 0.1) is 0 Å². The van der Waals surface area contributed by atoms with Crippen LogP contribution in [0.2, 0.25) is 10.0 Å². The number of benzene rings is 2. The Bertz CT molecular complexity index is 794. The third-order valence-corrected chi connectivity index (χ3v) is 3.55. The SMILES string of the molecule is Nc1ccc(-c2nnnn2-c2c(Cl)cccc2Cl)c(N)c1. The minimum atomic E-state index is 0.433. The van der Waals surface area contributed by atoms with Crippen molar-refractivity contribution in [2.24, 2.45) is 0 Å². The second-order valence-electron chi connectivity index (χ2n) is 4.33. The molecule has 3 rings (SSSR count). The van der Waals surface area contributed by atoms with Crippen LogP contribution in [0.4, 0.5) is 11.4 Å². The Morgan fingerprint density at radius 2 is 1.71 bits per heavy atom. The highest BCUT2D eigenvalue weighted by molar-refractivity contribution is 6.37. The fourth-order valence-electron chi connectivity index (χ4n) is 1.98. The Labute approximate surface area is 130 Å². The number of para-hydroxylation sites is 1. The first-order chi connectivity index (χ1) is 10.1. The van der Waals surface area contributed by atoms with Gasteiger partial charge in [0.2, 0.25) is 0 Å². The summed E-state index contributed by atoms with van der Waals surface area (Å²) in [6.45, 7) is 0. The molecular weight excluding hydrogens is 311 g/mol. The van der Waals surface area contributed by atoms with Crippen molar-refractivity contribution in [1.82, 2.24) is 20.2 Å². The standard InChI is InChI=1S/C13H10Cl2N6/c14-9-2-1-3-10(15)12(9)21-13(18-19-20-21)8-5-4-7(16)6-11(8)17/h1-6H,16-17H2. The summed E-state index contributed by atoms with van der Waals surface area (Å²) in [5.74, 6) is 0.433. The molecule has 8 heteroatoms. The molecule has 1 heterocycles. The van der Waals surface area contributed by atoms with E-state index in [9.17, 15) is 0 Å². The van der Waals surface area contributed by atoms with Crippen molar-refractivity contribution in [3.63, 3.8) is 0 Å². The van der Waals surface area contributed by atoms with E-state index in [-0.39, 0.29) is 0 Å². The highest BCUT2D eigenvalue weighted by atomic mass is 35.5. The van der Waals surface area contributed by atoms with E-state index in [0.29, 0.717) is 38.5 Å². The van der Waals surface area contributed by atoms with E-state index < -0.39 is 0 Å². The summed E-state index contributed by atoms with van der Waals surface area (Å²) >= 11 is 12.4. The van der Waals surface area contributed by atoms with Crippen LogP contribution in [0.5, 0.6) is 0 Å². The molecule has 21 heavy (non-hydrogen) atoms. The Morgan fingerprint density at radius 1 is 1.00 bits per heavy atom. The first-order valence-corrected chi connectivity index (χ1v) is 6.71. The van der Waals surface area contributed by atoms with Gasteiger partial charge in [-0.2, -0.15) is 4.68 Å². The number of nitrogens with two attached hydrogens (primary N) is 2. The number of nitrogens with zero attached hydrogens (tertiary/aromatic N) is 4. The van der Waals surface area contributed by atoms with Gasteiger partial charge in [-0.05, 0) is 40.8 Å². The molecule has 0 aliphatic heterocycles. The first-order valence-electron chi connectivity index (χ1n) is 5.96. The summed E-state index contributed by atoms with van der Waals surface area (Å²) in [6, 6.07) is 10.3. The number of tetrazole rings is 1. The zero-order chi connectivity index (χ0) is 15.0. The van der Waals surface area contributed by atoms with Crippen LogP contribution in [0.3, 0.4) is 0 Å². The van der Waals surface area contributed by atoms with Gasteiger partial charge in [0.1, 0.15) is 5.69 Å². The maximum atomic E-state index is 6.19. The van der Waals surface area contributed by atoms with Gasteiger partial charge in [-0.25, -0.2) is 0 Å². The molecule has 0 radical (unpaired) electrons. The monoisotopic (exact) mass is 320 g/mol. The van der Waals surface area contributed by atoms with E-state index in [1.54, 1.807) is 36.4 Å². The Kier molecular flexibility index (Phi) is 3.40. The van der Waals surface area contributed by atoms with Gasteiger partial charge < -0.3 is 11.5 Å². The Balaban J connectivity index is 2.22. The van der Waals surface area contributed by atoms with E-state index in [1.165, 1.54) is 4.68 Å². The summed E-state index contributed by atoms with van der Waals surface area (Å²) in [4.78, 5) is 0. The van der Waals surface area contributed by atoms with Crippen LogP contribution in [0.25, 0.3) is 17.1 Å². The molecule has 2 aromatic carbocycles. The third kappa shape index (κ3) is 2.39. The second-order valence-corrected chi connectivity index (χ2v) is 5.15. The quantitative estimate of drug-likeness (QED) is 0.708. The second kappa shape index (κ2) is 5.23. The third-order valence-electron chi connectivity index (χ3n) is 2.94. The molecule has 106 valence electrons. The minimum Gasteiger partial charge on any atom is -0.399 e. The number of hydrogen-bond acceptors (Lipinski definition) is 5. The molecule has 3 aromatic rings. The fourth-order valence-corrected chi connectivity index (χ4v) is 2.54. The van der Waals surface area contributed by atoms with Gasteiger partial charge >= 0.3 is 0 Å². The van der Waals surface area contributed by atoms with E-state index in [2.05, 4.69) is 15.5 Å². The number of rotatable bonds is 2. The van der Waals surface area contributed by atoms with E-state index in [1.807, 2.05) is 0 Å². The number of nitrogen functional groups attached to an aromatic ring is 2. The minimum absolute atomic E-state index is 0.433. The number of hydrogen-bond donors (Lipinski definition) is 2. The van der Waals surface area contributed by atoms with Gasteiger partial charge in [0, 0.05) is 16.9 Å². The summed E-state index contributed by atoms with van der Waals surface area (Å²) < 4.78 is 1.45. The van der Waals surface area contributed by atoms with Gasteiger partial charge in [-0.3, -0.25) is 0 Å². The Hall–Kier alpha value is -2.31. The predicted octanol–water partition coefficient (Wildman–Crippen LogP) is 2.80. The molecule has 0 saturated carbocycles. The van der Waals surface area contributed by atoms with Crippen molar-refractivity contribution >= 4 is 34.6 Å². The van der Waals surface area contributed by atoms with Crippen molar-refractivity contribution < 1.29 is 0 Å². The lowest BCUT2D eigenvalue weighted by atomic mass is 10.1. The zero-order valence-corrected chi connectivity index (χ0v) is 12.2. The average molecular weight is 321 g/mol. The van der Waals surface area contributed by atoms with Gasteiger partial charge in [-0.1, -0.05) is 29.3 Å². The normalized spacial score (nSPS) is 10.8. The van der Waals surface area contributed by atoms with Crippen LogP contribution in [-0.2, 0) is 0 Å². The van der Waals surface area contributed by atoms with Crippen molar-refractivity contribution in [3.8, 4) is 17.1 Å². The number of aromatic nitrogens is 4. The van der Waals surface area contributed by atoms with E-state index >= 15 is 0 Å². The van der Waals surface area contributed by atoms with Crippen LogP contribution in [0.15, 0.2) is 36.4 Å². The lowest BCUT2D eigenvalue weighted by molar-refractivity contribution is 0.791. The van der Waals surface area contributed by atoms with Crippen LogP contribution >= 0.6 is 23.2 Å². The molecular formula is C13H10Cl2N6. The topological polar surface area (TPSA) is 95.6 Å². The van der Waals surface area contributed by atoms with Crippen LogP contribution < -0.4 is 11.5 Å². The molecule has 0 bridgehead atoms. The molecule has 0 saturated heterocycles. The number of halogens is 2. The molecule has 4 N–H and O–H groups in total. The maximum Gasteiger partial charge on any atom is 0.189 e. The highest BCUT2D eigenvalue weighted by Crippen LogP contribution is 2.32. The fraction of sp³-hybridized carbons (Fsp3) is 0. The summed E-state index contributed by atoms with van der Waals surface area (Å²) in [5.41, 5.74) is 13.8. The van der Waals surface area contributed by atoms with Gasteiger partial charge in [-0.15, -0.1) is 5.10 Å². The van der Waals surface area contributed by atoms with E-state index in [0.717, 1.165) is 0 Å². The molecule has 0 fully saturated rings. The van der Waals surface area contributed by atoms with Crippen molar-refractivity contribution in [2.45, 2.75) is 0 Å². The molecule has 0 spiro atoms. The summed E-state index contributed by atoms with van der Waals surface area (Å²) in [7, 11) is 0. The number of anilines is 2. The molecule has 6 nitrogen and oxygen atoms in total. The molecule has 0 aliphatic carbocycles. The van der Waals surface area contributed by atoms with Gasteiger partial charge in [0.15, 0.2) is 5.82 Å². The smallest absolute Gasteiger partial charge is 0.189 e. The lowest BCUT2D eigenvalue weighted by Gasteiger charge is -2.10. The molecule has 0 amide bonds. The molecule has 0 unspecified atom stereocenters. The van der Waals surface area contributed by atoms with Crippen molar-refractivity contribution in [2.75, 3.05) is 11.5 Å². The van der Waals surface area contributed by atoms with E-state index in [4.69, 9.17) is 34.7 Å². The average Bonchev–Trinajstić information content (AvgIpc) is 2.87. The largest absolute Gasteiger partial charge is 0.399 e. The summed E-state index contributed by atoms with van der Waals surface area (Å²) in [6.07, 6.45) is 0. The molecule has 0 aliphatic rings. The highest BCUT2D eigenvalue weighted by Gasteiger charge is 2.17. The van der Waals surface area contributed by atoms with Crippen LogP contribution in [0.1, 0.15) is 0 Å². The predicted molar refractivity (Wildman–Crippen MR) is 83.4 cm³/mol. The summed E-state index contributed by atoms with van der Waals surface area (Å²) in [5, 5.41) is 12.5. The van der Waals surface area contributed by atoms with Gasteiger partial charge in [0.25, 0.3) is 0 Å². The van der Waals surface area contributed by atoms with Crippen molar-refractivity contribution in [1.29, 1.82) is 0 Å². The Morgan fingerprint density at radius 3 is 2.38 bits per heavy atom. The first kappa shape index (κ1) is 13.7. The molecule has 0 atom stereocenters.